The molecule has 0 saturated heterocycles. The Hall–Kier alpha value is -1.75. The Bertz CT molecular complexity index is 365. The third kappa shape index (κ3) is 12.5. The van der Waals surface area contributed by atoms with Crippen LogP contribution in [0.4, 0.5) is 0 Å². The number of nitrogens with zero attached hydrogens (tertiary/aromatic N) is 1. The first-order chi connectivity index (χ1) is 11.0. The first kappa shape index (κ1) is 21.2. The van der Waals surface area contributed by atoms with Gasteiger partial charge in [0.25, 0.3) is 0 Å². The molecule has 23 heavy (non-hydrogen) atoms. The zero-order chi connectivity index (χ0) is 17.5. The van der Waals surface area contributed by atoms with Crippen LogP contribution in [-0.4, -0.2) is 68.5 Å². The van der Waals surface area contributed by atoms with Crippen LogP contribution in [0.1, 0.15) is 19.3 Å². The number of hydrazine groups is 1. The van der Waals surface area contributed by atoms with Crippen molar-refractivity contribution in [2.45, 2.75) is 19.3 Å². The van der Waals surface area contributed by atoms with E-state index in [1.165, 1.54) is 0 Å². The second-order valence-corrected chi connectivity index (χ2v) is 4.89. The minimum Gasteiger partial charge on any atom is -0.355 e. The normalized spacial score (nSPS) is 10.4. The van der Waals surface area contributed by atoms with Crippen molar-refractivity contribution in [2.75, 3.05) is 45.8 Å². The number of rotatable bonds is 13. The number of carbonyl (C=O) groups excluding carboxylic acids is 3. The van der Waals surface area contributed by atoms with Crippen molar-refractivity contribution >= 4 is 17.7 Å². The first-order valence-corrected chi connectivity index (χ1v) is 7.71. The Labute approximate surface area is 136 Å². The van der Waals surface area contributed by atoms with Gasteiger partial charge in [-0.1, -0.05) is 0 Å². The molecule has 0 aliphatic carbocycles. The summed E-state index contributed by atoms with van der Waals surface area (Å²) in [7, 11) is 0. The Morgan fingerprint density at radius 1 is 0.696 bits per heavy atom. The molecule has 10 nitrogen and oxygen atoms in total. The average molecular weight is 331 g/mol. The largest absolute Gasteiger partial charge is 0.355 e. The van der Waals surface area contributed by atoms with Crippen molar-refractivity contribution < 1.29 is 14.4 Å². The van der Waals surface area contributed by atoms with Crippen molar-refractivity contribution in [2.24, 2.45) is 17.2 Å². The van der Waals surface area contributed by atoms with E-state index in [4.69, 9.17) is 17.2 Å². The van der Waals surface area contributed by atoms with E-state index in [2.05, 4.69) is 16.1 Å². The Kier molecular flexibility index (Phi) is 12.8. The Morgan fingerprint density at radius 2 is 1.17 bits per heavy atom. The van der Waals surface area contributed by atoms with Crippen LogP contribution in [0.5, 0.6) is 0 Å². The summed E-state index contributed by atoms with van der Waals surface area (Å²) in [5, 5.41) is 7.10. The quantitative estimate of drug-likeness (QED) is 0.151. The second kappa shape index (κ2) is 13.9. The zero-order valence-electron chi connectivity index (χ0n) is 13.5. The van der Waals surface area contributed by atoms with E-state index in [1.54, 1.807) is 5.01 Å². The molecule has 0 aliphatic rings. The summed E-state index contributed by atoms with van der Waals surface area (Å²) >= 11 is 0. The fourth-order valence-corrected chi connectivity index (χ4v) is 1.74. The highest BCUT2D eigenvalue weighted by Gasteiger charge is 2.08. The first-order valence-electron chi connectivity index (χ1n) is 7.71. The van der Waals surface area contributed by atoms with Gasteiger partial charge in [0, 0.05) is 26.2 Å². The topological polar surface area (TPSA) is 169 Å². The Morgan fingerprint density at radius 3 is 1.70 bits per heavy atom. The highest BCUT2D eigenvalue weighted by Crippen LogP contribution is 1.94. The van der Waals surface area contributed by atoms with E-state index in [0.717, 1.165) is 12.8 Å². The van der Waals surface area contributed by atoms with Gasteiger partial charge >= 0.3 is 0 Å². The van der Waals surface area contributed by atoms with Gasteiger partial charge < -0.3 is 27.8 Å². The molecule has 0 aliphatic heterocycles. The average Bonchev–Trinajstić information content (AvgIpc) is 2.56. The van der Waals surface area contributed by atoms with Crippen LogP contribution >= 0.6 is 0 Å². The van der Waals surface area contributed by atoms with Gasteiger partial charge in [-0.05, 0) is 19.3 Å². The molecule has 134 valence electrons. The predicted octanol–water partition coefficient (Wildman–Crippen LogP) is -3.40. The summed E-state index contributed by atoms with van der Waals surface area (Å²) in [6.45, 7) is 2.07. The highest BCUT2D eigenvalue weighted by molar-refractivity contribution is 5.78. The summed E-state index contributed by atoms with van der Waals surface area (Å²) < 4.78 is 0. The zero-order valence-corrected chi connectivity index (χ0v) is 13.5. The number of hydrogen-bond donors (Lipinski definition) is 6. The molecule has 0 atom stereocenters. The molecule has 0 saturated carbocycles. The summed E-state index contributed by atoms with van der Waals surface area (Å²) in [6, 6.07) is 0. The van der Waals surface area contributed by atoms with Crippen LogP contribution in [0.2, 0.25) is 0 Å². The second-order valence-electron chi connectivity index (χ2n) is 4.89. The van der Waals surface area contributed by atoms with Crippen molar-refractivity contribution in [3.63, 3.8) is 0 Å². The fourth-order valence-electron chi connectivity index (χ4n) is 1.74. The number of carbonyl (C=O) groups is 3. The van der Waals surface area contributed by atoms with Crippen LogP contribution in [-0.2, 0) is 14.4 Å². The minimum absolute atomic E-state index is 0.0206. The third-order valence-corrected chi connectivity index (χ3v) is 2.94. The SMILES string of the molecule is NCC(=O)NCCCCN(CCCNC(=O)CN)NC(=O)CN. The smallest absolute Gasteiger partial charge is 0.248 e. The molecule has 0 aromatic heterocycles. The summed E-state index contributed by atoms with van der Waals surface area (Å²) in [4.78, 5) is 33.4. The van der Waals surface area contributed by atoms with Crippen molar-refractivity contribution in [1.82, 2.24) is 21.1 Å². The van der Waals surface area contributed by atoms with Crippen LogP contribution in [0.15, 0.2) is 0 Å². The number of unbranched alkanes of at least 4 members (excludes halogenated alkanes) is 1. The van der Waals surface area contributed by atoms with E-state index in [-0.39, 0.29) is 37.4 Å². The lowest BCUT2D eigenvalue weighted by atomic mass is 10.3. The molecular weight excluding hydrogens is 302 g/mol. The van der Waals surface area contributed by atoms with Gasteiger partial charge in [0.2, 0.25) is 17.7 Å². The summed E-state index contributed by atoms with van der Waals surface area (Å²) in [6.07, 6.45) is 2.22. The summed E-state index contributed by atoms with van der Waals surface area (Å²) in [5.74, 6) is -0.667. The van der Waals surface area contributed by atoms with Gasteiger partial charge in [-0.2, -0.15) is 0 Å². The molecule has 10 heteroatoms. The number of amides is 3. The van der Waals surface area contributed by atoms with E-state index in [9.17, 15) is 14.4 Å². The molecule has 0 unspecified atom stereocenters. The molecule has 3 amide bonds. The predicted molar refractivity (Wildman–Crippen MR) is 86.7 cm³/mol. The van der Waals surface area contributed by atoms with Crippen molar-refractivity contribution in [3.05, 3.63) is 0 Å². The number of nitrogens with two attached hydrogens (primary N) is 3. The van der Waals surface area contributed by atoms with Crippen molar-refractivity contribution in [1.29, 1.82) is 0 Å². The van der Waals surface area contributed by atoms with Gasteiger partial charge in [-0.3, -0.25) is 19.8 Å². The van der Waals surface area contributed by atoms with E-state index >= 15 is 0 Å². The van der Waals surface area contributed by atoms with Crippen molar-refractivity contribution in [3.8, 4) is 0 Å². The summed E-state index contributed by atoms with van der Waals surface area (Å²) in [5.41, 5.74) is 18.4. The van der Waals surface area contributed by atoms with E-state index < -0.39 is 0 Å². The van der Waals surface area contributed by atoms with Gasteiger partial charge in [0.05, 0.1) is 19.6 Å². The molecule has 0 bridgehead atoms. The van der Waals surface area contributed by atoms with Gasteiger partial charge in [-0.25, -0.2) is 5.01 Å². The monoisotopic (exact) mass is 331 g/mol. The lowest BCUT2D eigenvalue weighted by Gasteiger charge is -2.23. The molecule has 0 heterocycles. The molecule has 0 rings (SSSR count). The molecule has 0 fully saturated rings. The minimum atomic E-state index is -0.271. The van der Waals surface area contributed by atoms with Gasteiger partial charge in [0.1, 0.15) is 0 Å². The van der Waals surface area contributed by atoms with Crippen LogP contribution in [0, 0.1) is 0 Å². The maximum absolute atomic E-state index is 11.4. The molecule has 0 spiro atoms. The van der Waals surface area contributed by atoms with Crippen LogP contribution in [0.25, 0.3) is 0 Å². The molecule has 9 N–H and O–H groups in total. The van der Waals surface area contributed by atoms with Gasteiger partial charge in [0.15, 0.2) is 0 Å². The fraction of sp³-hybridized carbons (Fsp3) is 0.769. The van der Waals surface area contributed by atoms with E-state index in [0.29, 0.717) is 32.6 Å². The maximum Gasteiger partial charge on any atom is 0.248 e. The molecular formula is C13H29N7O3. The standard InChI is InChI=1S/C13H29N7O3/c14-8-11(21)17-4-1-2-6-20(19-13(23)10-16)7-3-5-18-12(22)9-15/h1-10,14-16H2,(H,17,21)(H,18,22)(H,19,23). The highest BCUT2D eigenvalue weighted by atomic mass is 16.2. The molecule has 0 aromatic rings. The number of nitrogens with one attached hydrogen (secondary N) is 3. The lowest BCUT2D eigenvalue weighted by Crippen LogP contribution is -2.46. The van der Waals surface area contributed by atoms with Crippen LogP contribution in [0.3, 0.4) is 0 Å². The molecule has 0 aromatic carbocycles. The maximum atomic E-state index is 11.4. The number of hydrogen-bond acceptors (Lipinski definition) is 7. The Balaban J connectivity index is 3.97. The van der Waals surface area contributed by atoms with E-state index in [1.807, 2.05) is 0 Å². The van der Waals surface area contributed by atoms with Crippen LogP contribution < -0.4 is 33.3 Å². The van der Waals surface area contributed by atoms with Gasteiger partial charge in [-0.15, -0.1) is 0 Å². The third-order valence-electron chi connectivity index (χ3n) is 2.94. The lowest BCUT2D eigenvalue weighted by molar-refractivity contribution is -0.125. The molecule has 0 radical (unpaired) electrons.